The summed E-state index contributed by atoms with van der Waals surface area (Å²) in [6.07, 6.45) is 1.66. The van der Waals surface area contributed by atoms with E-state index >= 15 is 0 Å². The van der Waals surface area contributed by atoms with Crippen molar-refractivity contribution in [2.24, 2.45) is 0 Å². The predicted octanol–water partition coefficient (Wildman–Crippen LogP) is 0.856. The number of halogens is 1. The summed E-state index contributed by atoms with van der Waals surface area (Å²) in [5.41, 5.74) is 3.47. The molecule has 0 aromatic carbocycles. The summed E-state index contributed by atoms with van der Waals surface area (Å²) in [5.74, 6) is 0.616. The highest BCUT2D eigenvalue weighted by Gasteiger charge is 2.16. The van der Waals surface area contributed by atoms with Crippen LogP contribution >= 0.6 is 12.4 Å². The number of pyridine rings is 1. The van der Waals surface area contributed by atoms with E-state index in [2.05, 4.69) is 25.6 Å². The maximum atomic E-state index is 11.4. The number of carbonyl (C=O) groups excluding carboxylic acids is 1. The van der Waals surface area contributed by atoms with E-state index in [1.165, 1.54) is 0 Å². The van der Waals surface area contributed by atoms with Crippen molar-refractivity contribution in [2.45, 2.75) is 13.1 Å². The normalized spacial score (nSPS) is 12.7. The highest BCUT2D eigenvalue weighted by atomic mass is 35.5. The molecule has 3 rings (SSSR count). The minimum atomic E-state index is -0.187. The third-order valence-corrected chi connectivity index (χ3v) is 2.96. The van der Waals surface area contributed by atoms with E-state index in [4.69, 9.17) is 0 Å². The number of hydrogen-bond donors (Lipinski definition) is 3. The molecule has 1 aliphatic rings. The first-order valence-corrected chi connectivity index (χ1v) is 5.75. The van der Waals surface area contributed by atoms with Gasteiger partial charge in [-0.1, -0.05) is 0 Å². The number of fused-ring (bicyclic) bond motifs is 1. The summed E-state index contributed by atoms with van der Waals surface area (Å²) in [5, 5.41) is 5.75. The Bertz CT molecular complexity index is 571. The van der Waals surface area contributed by atoms with Crippen LogP contribution in [0.4, 0.5) is 0 Å². The van der Waals surface area contributed by atoms with Crippen LogP contribution in [0.5, 0.6) is 0 Å². The molecular weight excluding hydrogens is 266 g/mol. The molecule has 3 N–H and O–H groups in total. The monoisotopic (exact) mass is 279 g/mol. The molecule has 6 nitrogen and oxygen atoms in total. The van der Waals surface area contributed by atoms with E-state index < -0.39 is 0 Å². The largest absolute Gasteiger partial charge is 0.354 e. The van der Waals surface area contributed by atoms with Crippen LogP contribution in [0.1, 0.15) is 21.9 Å². The van der Waals surface area contributed by atoms with Crippen molar-refractivity contribution in [1.82, 2.24) is 25.6 Å². The number of amides is 1. The molecule has 19 heavy (non-hydrogen) atoms. The standard InChI is InChI=1S/C12H13N5O.ClH/c1-13-12(18)8-3-2-7(4-15-8)11-16-9-5-14-6-10(9)17-11;/h2-4,14H,5-6H2,1H3,(H,13,18)(H,16,17);1H. The number of carbonyl (C=O) groups is 1. The number of imidazole rings is 1. The summed E-state index contributed by atoms with van der Waals surface area (Å²) in [7, 11) is 1.59. The number of aromatic nitrogens is 3. The van der Waals surface area contributed by atoms with Gasteiger partial charge in [-0.25, -0.2) is 4.98 Å². The minimum Gasteiger partial charge on any atom is -0.354 e. The van der Waals surface area contributed by atoms with E-state index in [0.29, 0.717) is 5.69 Å². The molecule has 0 aliphatic carbocycles. The average Bonchev–Trinajstić information content (AvgIpc) is 2.99. The second-order valence-electron chi connectivity index (χ2n) is 4.13. The van der Waals surface area contributed by atoms with E-state index in [-0.39, 0.29) is 18.3 Å². The summed E-state index contributed by atoms with van der Waals surface area (Å²) >= 11 is 0. The molecule has 1 aliphatic heterocycles. The maximum Gasteiger partial charge on any atom is 0.269 e. The van der Waals surface area contributed by atoms with Crippen molar-refractivity contribution in [2.75, 3.05) is 7.05 Å². The molecule has 0 spiro atoms. The number of aromatic amines is 1. The summed E-state index contributed by atoms with van der Waals surface area (Å²) in [6.45, 7) is 1.63. The van der Waals surface area contributed by atoms with Crippen molar-refractivity contribution in [1.29, 1.82) is 0 Å². The van der Waals surface area contributed by atoms with Crippen molar-refractivity contribution in [3.05, 3.63) is 35.4 Å². The van der Waals surface area contributed by atoms with Gasteiger partial charge in [-0.3, -0.25) is 9.78 Å². The summed E-state index contributed by atoms with van der Waals surface area (Å²) in [6, 6.07) is 3.54. The first-order chi connectivity index (χ1) is 8.78. The van der Waals surface area contributed by atoms with Gasteiger partial charge in [0.15, 0.2) is 0 Å². The molecule has 2 aromatic heterocycles. The van der Waals surface area contributed by atoms with E-state index in [0.717, 1.165) is 35.9 Å². The van der Waals surface area contributed by atoms with E-state index in [1.807, 2.05) is 6.07 Å². The van der Waals surface area contributed by atoms with Crippen molar-refractivity contribution >= 4 is 18.3 Å². The lowest BCUT2D eigenvalue weighted by molar-refractivity contribution is 0.0958. The molecule has 0 radical (unpaired) electrons. The molecule has 100 valence electrons. The van der Waals surface area contributed by atoms with Crippen LogP contribution in [0.2, 0.25) is 0 Å². The lowest BCUT2D eigenvalue weighted by Gasteiger charge is -2.00. The molecular formula is C12H14ClN5O. The number of H-pyrrole nitrogens is 1. The number of hydrogen-bond acceptors (Lipinski definition) is 4. The fraction of sp³-hybridized carbons (Fsp3) is 0.250. The van der Waals surface area contributed by atoms with Gasteiger partial charge >= 0.3 is 0 Å². The zero-order valence-corrected chi connectivity index (χ0v) is 11.2. The second-order valence-corrected chi connectivity index (χ2v) is 4.13. The molecule has 0 atom stereocenters. The third-order valence-electron chi connectivity index (χ3n) is 2.96. The van der Waals surface area contributed by atoms with Gasteiger partial charge in [-0.15, -0.1) is 12.4 Å². The summed E-state index contributed by atoms with van der Waals surface area (Å²) < 4.78 is 0. The molecule has 7 heteroatoms. The van der Waals surface area contributed by atoms with Gasteiger partial charge in [0, 0.05) is 31.9 Å². The van der Waals surface area contributed by atoms with Gasteiger partial charge in [0.05, 0.1) is 11.4 Å². The molecule has 0 bridgehead atoms. The van der Waals surface area contributed by atoms with Gasteiger partial charge in [-0.2, -0.15) is 0 Å². The topological polar surface area (TPSA) is 82.7 Å². The first-order valence-electron chi connectivity index (χ1n) is 5.75. The van der Waals surface area contributed by atoms with Crippen LogP contribution in [-0.4, -0.2) is 27.9 Å². The zero-order valence-electron chi connectivity index (χ0n) is 10.4. The lowest BCUT2D eigenvalue weighted by atomic mass is 10.2. The number of nitrogens with one attached hydrogen (secondary N) is 3. The highest BCUT2D eigenvalue weighted by molar-refractivity contribution is 5.92. The Hall–Kier alpha value is -1.92. The molecule has 2 aromatic rings. The van der Waals surface area contributed by atoms with E-state index in [1.54, 1.807) is 19.3 Å². The third kappa shape index (κ3) is 2.45. The van der Waals surface area contributed by atoms with E-state index in [9.17, 15) is 4.79 Å². The average molecular weight is 280 g/mol. The Kier molecular flexibility index (Phi) is 3.82. The van der Waals surface area contributed by atoms with Crippen LogP contribution in [-0.2, 0) is 13.1 Å². The second kappa shape index (κ2) is 5.38. The number of nitrogens with zero attached hydrogens (tertiary/aromatic N) is 2. The van der Waals surface area contributed by atoms with Crippen LogP contribution in [0.25, 0.3) is 11.4 Å². The van der Waals surface area contributed by atoms with Gasteiger partial charge in [0.2, 0.25) is 0 Å². The fourth-order valence-electron chi connectivity index (χ4n) is 1.98. The van der Waals surface area contributed by atoms with Gasteiger partial charge in [0.1, 0.15) is 11.5 Å². The zero-order chi connectivity index (χ0) is 12.5. The van der Waals surface area contributed by atoms with Crippen molar-refractivity contribution in [3.8, 4) is 11.4 Å². The molecule has 0 fully saturated rings. The fourth-order valence-corrected chi connectivity index (χ4v) is 1.98. The highest BCUT2D eigenvalue weighted by Crippen LogP contribution is 2.20. The molecule has 0 saturated heterocycles. The van der Waals surface area contributed by atoms with Crippen molar-refractivity contribution < 1.29 is 4.79 Å². The van der Waals surface area contributed by atoms with Gasteiger partial charge in [0.25, 0.3) is 5.91 Å². The smallest absolute Gasteiger partial charge is 0.269 e. The van der Waals surface area contributed by atoms with Crippen LogP contribution in [0.3, 0.4) is 0 Å². The van der Waals surface area contributed by atoms with Gasteiger partial charge in [-0.05, 0) is 12.1 Å². The SMILES string of the molecule is CNC(=O)c1ccc(-c2nc3c([nH]2)CNC3)cn1.Cl. The lowest BCUT2D eigenvalue weighted by Crippen LogP contribution is -2.18. The molecule has 0 unspecified atom stereocenters. The van der Waals surface area contributed by atoms with Crippen LogP contribution < -0.4 is 10.6 Å². The number of rotatable bonds is 2. The van der Waals surface area contributed by atoms with Crippen molar-refractivity contribution in [3.63, 3.8) is 0 Å². The predicted molar refractivity (Wildman–Crippen MR) is 73.0 cm³/mol. The van der Waals surface area contributed by atoms with Crippen LogP contribution in [0.15, 0.2) is 18.3 Å². The Labute approximate surface area is 116 Å². The Balaban J connectivity index is 0.00000133. The molecule has 3 heterocycles. The minimum absolute atomic E-state index is 0. The Morgan fingerprint density at radius 1 is 1.37 bits per heavy atom. The summed E-state index contributed by atoms with van der Waals surface area (Å²) in [4.78, 5) is 23.2. The first kappa shape index (κ1) is 13.5. The van der Waals surface area contributed by atoms with Crippen LogP contribution in [0, 0.1) is 0 Å². The molecule has 1 amide bonds. The maximum absolute atomic E-state index is 11.4. The Morgan fingerprint density at radius 2 is 2.21 bits per heavy atom. The Morgan fingerprint density at radius 3 is 2.84 bits per heavy atom. The van der Waals surface area contributed by atoms with Gasteiger partial charge < -0.3 is 15.6 Å². The quantitative estimate of drug-likeness (QED) is 0.761. The molecule has 0 saturated carbocycles.